The Morgan fingerprint density at radius 1 is 1.42 bits per heavy atom. The molecule has 1 fully saturated rings. The minimum Gasteiger partial charge on any atom is -0.348 e. The Hall–Kier alpha value is -0.950. The zero-order valence-corrected chi connectivity index (χ0v) is 12.0. The lowest BCUT2D eigenvalue weighted by Gasteiger charge is -2.17. The van der Waals surface area contributed by atoms with Gasteiger partial charge in [0.2, 0.25) is 0 Å². The molecule has 1 aromatic rings. The largest absolute Gasteiger partial charge is 0.348 e. The van der Waals surface area contributed by atoms with Crippen molar-refractivity contribution in [3.63, 3.8) is 0 Å². The third-order valence-corrected chi connectivity index (χ3v) is 3.96. The maximum Gasteiger partial charge on any atom is 0.294 e. The monoisotopic (exact) mass is 286 g/mol. The fourth-order valence-electron chi connectivity index (χ4n) is 2.23. The van der Waals surface area contributed by atoms with Crippen LogP contribution in [0.15, 0.2) is 23.1 Å². The first kappa shape index (κ1) is 14.5. The summed E-state index contributed by atoms with van der Waals surface area (Å²) >= 11 is 0. The van der Waals surface area contributed by atoms with Gasteiger partial charge in [-0.05, 0) is 32.4 Å². The van der Waals surface area contributed by atoms with Crippen LogP contribution in [0.2, 0.25) is 0 Å². The Bertz CT molecular complexity index is 577. The third kappa shape index (κ3) is 3.54. The summed E-state index contributed by atoms with van der Waals surface area (Å²) in [5.41, 5.74) is 1.48. The number of hydrogen-bond acceptors (Lipinski definition) is 4. The van der Waals surface area contributed by atoms with Crippen LogP contribution in [0.4, 0.5) is 0 Å². The molecule has 0 aliphatic carbocycles. The van der Waals surface area contributed by atoms with E-state index in [1.807, 2.05) is 20.8 Å². The molecule has 1 saturated heterocycles. The van der Waals surface area contributed by atoms with Gasteiger partial charge < -0.3 is 9.47 Å². The molecule has 1 aliphatic rings. The molecular formula is C13H18O5S. The van der Waals surface area contributed by atoms with Crippen molar-refractivity contribution in [3.05, 3.63) is 29.3 Å². The Morgan fingerprint density at radius 2 is 2.11 bits per heavy atom. The number of hydrogen-bond donors (Lipinski definition) is 1. The van der Waals surface area contributed by atoms with Crippen LogP contribution in [-0.2, 0) is 26.0 Å². The normalized spacial score (nSPS) is 22.6. The van der Waals surface area contributed by atoms with Crippen LogP contribution in [-0.4, -0.2) is 31.5 Å². The summed E-state index contributed by atoms with van der Waals surface area (Å²) in [7, 11) is -4.22. The molecule has 1 aliphatic heterocycles. The second kappa shape index (κ2) is 4.86. The predicted octanol–water partition coefficient (Wildman–Crippen LogP) is 1.94. The molecule has 0 saturated carbocycles. The van der Waals surface area contributed by atoms with Gasteiger partial charge in [0, 0.05) is 6.42 Å². The van der Waals surface area contributed by atoms with Crippen LogP contribution in [0.3, 0.4) is 0 Å². The molecule has 106 valence electrons. The maximum absolute atomic E-state index is 11.3. The molecule has 19 heavy (non-hydrogen) atoms. The Morgan fingerprint density at radius 3 is 2.63 bits per heavy atom. The third-order valence-electron chi connectivity index (χ3n) is 3.01. The van der Waals surface area contributed by atoms with Crippen molar-refractivity contribution >= 4 is 10.1 Å². The maximum atomic E-state index is 11.3. The molecule has 1 N–H and O–H groups in total. The van der Waals surface area contributed by atoms with Gasteiger partial charge in [-0.25, -0.2) is 0 Å². The van der Waals surface area contributed by atoms with Crippen molar-refractivity contribution in [2.24, 2.45) is 0 Å². The summed E-state index contributed by atoms with van der Waals surface area (Å²) in [6, 6.07) is 4.82. The summed E-state index contributed by atoms with van der Waals surface area (Å²) in [5, 5.41) is 0. The van der Waals surface area contributed by atoms with Crippen LogP contribution >= 0.6 is 0 Å². The lowest BCUT2D eigenvalue weighted by Crippen LogP contribution is -2.22. The predicted molar refractivity (Wildman–Crippen MR) is 69.6 cm³/mol. The molecular weight excluding hydrogens is 268 g/mol. The molecule has 0 bridgehead atoms. The Balaban J connectivity index is 2.27. The zero-order valence-electron chi connectivity index (χ0n) is 11.2. The van der Waals surface area contributed by atoms with Gasteiger partial charge in [0.05, 0.1) is 17.6 Å². The van der Waals surface area contributed by atoms with Gasteiger partial charge in [-0.15, -0.1) is 0 Å². The van der Waals surface area contributed by atoms with Gasteiger partial charge >= 0.3 is 0 Å². The van der Waals surface area contributed by atoms with E-state index in [1.165, 1.54) is 6.07 Å². The minimum absolute atomic E-state index is 0.0635. The summed E-state index contributed by atoms with van der Waals surface area (Å²) in [6.07, 6.45) is 0.178. The Kier molecular flexibility index (Phi) is 3.70. The van der Waals surface area contributed by atoms with Gasteiger partial charge in [-0.1, -0.05) is 17.7 Å². The quantitative estimate of drug-likeness (QED) is 0.860. The van der Waals surface area contributed by atoms with Gasteiger partial charge in [0.25, 0.3) is 10.1 Å². The van der Waals surface area contributed by atoms with E-state index in [-0.39, 0.29) is 11.0 Å². The lowest BCUT2D eigenvalue weighted by molar-refractivity contribution is -0.138. The summed E-state index contributed by atoms with van der Waals surface area (Å²) < 4.78 is 43.0. The van der Waals surface area contributed by atoms with Crippen molar-refractivity contribution in [3.8, 4) is 0 Å². The number of benzene rings is 1. The van der Waals surface area contributed by atoms with E-state index in [2.05, 4.69) is 0 Å². The first-order chi connectivity index (χ1) is 8.67. The van der Waals surface area contributed by atoms with Crippen LogP contribution in [0.5, 0.6) is 0 Å². The smallest absolute Gasteiger partial charge is 0.294 e. The lowest BCUT2D eigenvalue weighted by atomic mass is 10.1. The molecule has 0 radical (unpaired) electrons. The van der Waals surface area contributed by atoms with Gasteiger partial charge in [0.1, 0.15) is 0 Å². The Labute approximate surface area is 113 Å². The summed E-state index contributed by atoms with van der Waals surface area (Å²) in [5.74, 6) is -0.646. The highest BCUT2D eigenvalue weighted by Crippen LogP contribution is 2.27. The van der Waals surface area contributed by atoms with E-state index >= 15 is 0 Å². The molecule has 6 heteroatoms. The van der Waals surface area contributed by atoms with Crippen LogP contribution in [0, 0.1) is 6.92 Å². The summed E-state index contributed by atoms with van der Waals surface area (Å²) in [4.78, 5) is -0.0635. The molecule has 0 spiro atoms. The fourth-order valence-corrected chi connectivity index (χ4v) is 2.94. The molecule has 0 aromatic heterocycles. The van der Waals surface area contributed by atoms with Gasteiger partial charge in [-0.3, -0.25) is 4.55 Å². The van der Waals surface area contributed by atoms with Crippen LogP contribution in [0.1, 0.15) is 25.0 Å². The zero-order chi connectivity index (χ0) is 14.3. The molecule has 5 nitrogen and oxygen atoms in total. The fraction of sp³-hybridized carbons (Fsp3) is 0.538. The average Bonchev–Trinajstić information content (AvgIpc) is 2.56. The average molecular weight is 286 g/mol. The first-order valence-corrected chi connectivity index (χ1v) is 7.50. The van der Waals surface area contributed by atoms with Gasteiger partial charge in [0.15, 0.2) is 5.79 Å². The SMILES string of the molecule is Cc1ccc(S(=O)(=O)O)c(CC2COC(C)(C)O2)c1. The molecule has 1 atom stereocenters. The standard InChI is InChI=1S/C13H18O5S/c1-9-4-5-12(19(14,15)16)10(6-9)7-11-8-17-13(2,3)18-11/h4-6,11H,7-8H2,1-3H3,(H,14,15,16). The molecule has 2 rings (SSSR count). The van der Waals surface area contributed by atoms with Crippen molar-refractivity contribution in [2.75, 3.05) is 6.61 Å². The second-order valence-electron chi connectivity index (χ2n) is 5.24. The topological polar surface area (TPSA) is 72.8 Å². The second-order valence-corrected chi connectivity index (χ2v) is 6.63. The van der Waals surface area contributed by atoms with E-state index in [1.54, 1.807) is 12.1 Å². The molecule has 1 aromatic carbocycles. The van der Waals surface area contributed by atoms with Crippen molar-refractivity contribution in [2.45, 2.75) is 44.0 Å². The number of ether oxygens (including phenoxy) is 2. The van der Waals surface area contributed by atoms with E-state index in [9.17, 15) is 13.0 Å². The molecule has 1 unspecified atom stereocenters. The van der Waals surface area contributed by atoms with E-state index < -0.39 is 15.9 Å². The highest BCUT2D eigenvalue weighted by Gasteiger charge is 2.33. The van der Waals surface area contributed by atoms with E-state index in [0.29, 0.717) is 18.6 Å². The summed E-state index contributed by atoms with van der Waals surface area (Å²) in [6.45, 7) is 5.90. The highest BCUT2D eigenvalue weighted by molar-refractivity contribution is 7.85. The van der Waals surface area contributed by atoms with Crippen LogP contribution < -0.4 is 0 Å². The van der Waals surface area contributed by atoms with Crippen molar-refractivity contribution in [1.29, 1.82) is 0 Å². The van der Waals surface area contributed by atoms with Crippen molar-refractivity contribution in [1.82, 2.24) is 0 Å². The number of aryl methyl sites for hydroxylation is 1. The van der Waals surface area contributed by atoms with E-state index in [0.717, 1.165) is 5.56 Å². The first-order valence-electron chi connectivity index (χ1n) is 6.06. The van der Waals surface area contributed by atoms with Crippen LogP contribution in [0.25, 0.3) is 0 Å². The number of rotatable bonds is 3. The molecule has 0 amide bonds. The van der Waals surface area contributed by atoms with E-state index in [4.69, 9.17) is 9.47 Å². The van der Waals surface area contributed by atoms with Crippen molar-refractivity contribution < 1.29 is 22.4 Å². The molecule has 1 heterocycles. The van der Waals surface area contributed by atoms with Gasteiger partial charge in [-0.2, -0.15) is 8.42 Å². The highest BCUT2D eigenvalue weighted by atomic mass is 32.2. The minimum atomic E-state index is -4.22.